The summed E-state index contributed by atoms with van der Waals surface area (Å²) < 4.78 is 4.95. The molecule has 0 amide bonds. The van der Waals surface area contributed by atoms with Crippen LogP contribution in [0.25, 0.3) is 122 Å². The molecule has 10 aromatic carbocycles. The van der Waals surface area contributed by atoms with Gasteiger partial charge in [0.15, 0.2) is 5.82 Å². The van der Waals surface area contributed by atoms with Crippen molar-refractivity contribution in [3.05, 3.63) is 255 Å². The minimum atomic E-state index is 0.683. The van der Waals surface area contributed by atoms with Crippen molar-refractivity contribution in [3.8, 4) is 78.7 Å². The Morgan fingerprint density at radius 2 is 0.706 bits per heavy atom. The van der Waals surface area contributed by atoms with Crippen LogP contribution in [0.5, 0.6) is 0 Å². The number of fused-ring (bicyclic) bond motifs is 6. The molecule has 0 N–H and O–H groups in total. The van der Waals surface area contributed by atoms with E-state index >= 15 is 0 Å². The summed E-state index contributed by atoms with van der Waals surface area (Å²) in [5, 5.41) is 4.84. The van der Waals surface area contributed by atoms with Crippen LogP contribution in [0.3, 0.4) is 0 Å². The van der Waals surface area contributed by atoms with Crippen molar-refractivity contribution < 1.29 is 0 Å². The first-order valence-electron chi connectivity index (χ1n) is 23.2. The lowest BCUT2D eigenvalue weighted by Gasteiger charge is -2.21. The normalized spacial score (nSPS) is 11.5. The van der Waals surface area contributed by atoms with Crippen LogP contribution < -0.4 is 0 Å². The van der Waals surface area contributed by atoms with E-state index in [-0.39, 0.29) is 0 Å². The van der Waals surface area contributed by atoms with Gasteiger partial charge in [-0.1, -0.05) is 200 Å². The Balaban J connectivity index is 1.15. The lowest BCUT2D eigenvalue weighted by molar-refractivity contribution is 1.15. The molecule has 68 heavy (non-hydrogen) atoms. The number of hydrogen-bond acceptors (Lipinski definition) is 2. The van der Waals surface area contributed by atoms with E-state index < -0.39 is 0 Å². The molecule has 4 nitrogen and oxygen atoms in total. The van der Waals surface area contributed by atoms with E-state index in [2.05, 4.69) is 240 Å². The summed E-state index contributed by atoms with van der Waals surface area (Å²) in [6.07, 6.45) is 0. The number of rotatable bonds is 8. The molecule has 13 rings (SSSR count). The average molecular weight is 867 g/mol. The molecule has 0 aliphatic carbocycles. The fourth-order valence-electron chi connectivity index (χ4n) is 10.2. The van der Waals surface area contributed by atoms with Gasteiger partial charge in [0.25, 0.3) is 0 Å². The molecule has 0 spiro atoms. The van der Waals surface area contributed by atoms with E-state index in [1.807, 2.05) is 24.3 Å². The van der Waals surface area contributed by atoms with Crippen molar-refractivity contribution in [1.29, 1.82) is 0 Å². The molecular weight excluding hydrogens is 825 g/mol. The third kappa shape index (κ3) is 6.69. The van der Waals surface area contributed by atoms with E-state index in [4.69, 9.17) is 9.97 Å². The van der Waals surface area contributed by atoms with Crippen LogP contribution in [0, 0.1) is 0 Å². The monoisotopic (exact) mass is 866 g/mol. The van der Waals surface area contributed by atoms with Gasteiger partial charge in [-0.3, -0.25) is 0 Å². The zero-order chi connectivity index (χ0) is 45.0. The van der Waals surface area contributed by atoms with Gasteiger partial charge in [-0.15, -0.1) is 0 Å². The highest BCUT2D eigenvalue weighted by Gasteiger charge is 2.24. The molecule has 0 bridgehead atoms. The highest BCUT2D eigenvalue weighted by atomic mass is 15.0. The molecule has 0 radical (unpaired) electrons. The highest BCUT2D eigenvalue weighted by Crippen LogP contribution is 2.45. The maximum absolute atomic E-state index is 5.37. The molecule has 0 aliphatic rings. The Bertz CT molecular complexity index is 3820. The third-order valence-electron chi connectivity index (χ3n) is 13.3. The molecule has 0 saturated carbocycles. The molecule has 13 aromatic rings. The first kappa shape index (κ1) is 39.3. The summed E-state index contributed by atoms with van der Waals surface area (Å²) in [6, 6.07) is 91.4. The van der Waals surface area contributed by atoms with Gasteiger partial charge in [0.05, 0.1) is 39.1 Å². The number of para-hydroxylation sites is 2. The maximum Gasteiger partial charge on any atom is 0.160 e. The molecule has 0 unspecified atom stereocenters. The van der Waals surface area contributed by atoms with Gasteiger partial charge in [0, 0.05) is 55.0 Å². The Hall–Kier alpha value is -9.12. The van der Waals surface area contributed by atoms with Gasteiger partial charge >= 0.3 is 0 Å². The molecule has 4 heteroatoms. The lowest BCUT2D eigenvalue weighted by Crippen LogP contribution is -2.03. The second-order valence-corrected chi connectivity index (χ2v) is 17.4. The van der Waals surface area contributed by atoms with Gasteiger partial charge < -0.3 is 9.13 Å². The first-order chi connectivity index (χ1) is 33.7. The smallest absolute Gasteiger partial charge is 0.160 e. The molecule has 318 valence electrons. The SMILES string of the molecule is c1ccc(-c2ccc3c(c2)c2ccc(-n4c5ccccc5c5ccccc54)cc2n3-c2c(-c3ccccc3)cc(-c3cc(-c4ccccc4)nc(-c4ccccc4)n3)cc2-c2ccccc2)cc1. The van der Waals surface area contributed by atoms with Gasteiger partial charge in [-0.25, -0.2) is 9.97 Å². The largest absolute Gasteiger partial charge is 0.309 e. The molecule has 3 aromatic heterocycles. The quantitative estimate of drug-likeness (QED) is 0.153. The van der Waals surface area contributed by atoms with Crippen molar-refractivity contribution in [2.24, 2.45) is 0 Å². The number of benzene rings is 10. The van der Waals surface area contributed by atoms with Crippen LogP contribution in [-0.2, 0) is 0 Å². The Morgan fingerprint density at radius 1 is 0.250 bits per heavy atom. The van der Waals surface area contributed by atoms with Crippen molar-refractivity contribution in [2.45, 2.75) is 0 Å². The predicted molar refractivity (Wildman–Crippen MR) is 283 cm³/mol. The third-order valence-corrected chi connectivity index (χ3v) is 13.3. The summed E-state index contributed by atoms with van der Waals surface area (Å²) in [5.41, 5.74) is 18.3. The van der Waals surface area contributed by atoms with Crippen molar-refractivity contribution >= 4 is 43.6 Å². The first-order valence-corrected chi connectivity index (χ1v) is 23.2. The Labute approximate surface area is 394 Å². The average Bonchev–Trinajstić information content (AvgIpc) is 3.93. The van der Waals surface area contributed by atoms with Gasteiger partial charge in [-0.05, 0) is 76.9 Å². The Kier molecular flexibility index (Phi) is 9.47. The van der Waals surface area contributed by atoms with Crippen molar-refractivity contribution in [3.63, 3.8) is 0 Å². The molecular formula is C64H42N4. The van der Waals surface area contributed by atoms with Crippen LogP contribution in [-0.4, -0.2) is 19.1 Å². The zero-order valence-corrected chi connectivity index (χ0v) is 37.0. The second kappa shape index (κ2) is 16.4. The van der Waals surface area contributed by atoms with E-state index in [1.165, 1.54) is 43.7 Å². The summed E-state index contributed by atoms with van der Waals surface area (Å²) in [6.45, 7) is 0. The molecule has 0 saturated heterocycles. The molecule has 0 aliphatic heterocycles. The fourth-order valence-corrected chi connectivity index (χ4v) is 10.2. The van der Waals surface area contributed by atoms with Gasteiger partial charge in [0.2, 0.25) is 0 Å². The van der Waals surface area contributed by atoms with Crippen molar-refractivity contribution in [1.82, 2.24) is 19.1 Å². The Morgan fingerprint density at radius 3 is 1.28 bits per heavy atom. The summed E-state index contributed by atoms with van der Waals surface area (Å²) in [7, 11) is 0. The fraction of sp³-hybridized carbons (Fsp3) is 0. The number of aromatic nitrogens is 4. The van der Waals surface area contributed by atoms with E-state index in [9.17, 15) is 0 Å². The number of hydrogen-bond donors (Lipinski definition) is 0. The summed E-state index contributed by atoms with van der Waals surface area (Å²) >= 11 is 0. The topological polar surface area (TPSA) is 35.6 Å². The van der Waals surface area contributed by atoms with E-state index in [1.54, 1.807) is 0 Å². The van der Waals surface area contributed by atoms with E-state index in [0.29, 0.717) is 5.82 Å². The van der Waals surface area contributed by atoms with Gasteiger partial charge in [0.1, 0.15) is 0 Å². The summed E-state index contributed by atoms with van der Waals surface area (Å²) in [4.78, 5) is 10.5. The summed E-state index contributed by atoms with van der Waals surface area (Å²) in [5.74, 6) is 0.683. The number of nitrogens with zero attached hydrogens (tertiary/aromatic N) is 4. The lowest BCUT2D eigenvalue weighted by atomic mass is 9.91. The minimum Gasteiger partial charge on any atom is -0.309 e. The van der Waals surface area contributed by atoms with Crippen molar-refractivity contribution in [2.75, 3.05) is 0 Å². The van der Waals surface area contributed by atoms with Crippen LogP contribution in [0.1, 0.15) is 0 Å². The van der Waals surface area contributed by atoms with Crippen LogP contribution in [0.4, 0.5) is 0 Å². The zero-order valence-electron chi connectivity index (χ0n) is 37.0. The van der Waals surface area contributed by atoms with Crippen LogP contribution >= 0.6 is 0 Å². The molecule has 3 heterocycles. The maximum atomic E-state index is 5.37. The predicted octanol–water partition coefficient (Wildman–Crippen LogP) is 16.7. The van der Waals surface area contributed by atoms with Gasteiger partial charge in [-0.2, -0.15) is 0 Å². The van der Waals surface area contributed by atoms with E-state index in [0.717, 1.165) is 72.7 Å². The molecule has 0 atom stereocenters. The minimum absolute atomic E-state index is 0.683. The second-order valence-electron chi connectivity index (χ2n) is 17.4. The van der Waals surface area contributed by atoms with Crippen LogP contribution in [0.15, 0.2) is 255 Å². The molecule has 0 fully saturated rings. The standard InChI is InChI=1S/C64H42N4/c1-6-20-43(21-7-1)48-34-37-61-56(38-48)53-36-35-50(67-59-32-18-16-30-51(59)52-31-17-19-33-60(52)67)41-62(53)68(61)63-54(44-22-8-2-9-23-44)39-49(40-55(63)45-24-10-3-11-25-45)58-42-57(46-26-12-4-13-27-46)65-64(66-58)47-28-14-5-15-29-47/h1-42H. The van der Waals surface area contributed by atoms with Crippen LogP contribution in [0.2, 0.25) is 0 Å². The highest BCUT2D eigenvalue weighted by molar-refractivity contribution is 6.14.